The lowest BCUT2D eigenvalue weighted by Crippen LogP contribution is -2.46. The van der Waals surface area contributed by atoms with E-state index in [1.807, 2.05) is 18.9 Å². The normalized spacial score (nSPS) is 17.1. The molecule has 1 aromatic rings. The monoisotopic (exact) mass is 236 g/mol. The summed E-state index contributed by atoms with van der Waals surface area (Å²) in [6.07, 6.45) is 5.51. The molecule has 0 aromatic carbocycles. The molecule has 0 spiro atoms. The highest BCUT2D eigenvalue weighted by Gasteiger charge is 2.25. The van der Waals surface area contributed by atoms with Crippen molar-refractivity contribution in [2.24, 2.45) is 7.05 Å². The van der Waals surface area contributed by atoms with Gasteiger partial charge in [-0.25, -0.2) is 0 Å². The van der Waals surface area contributed by atoms with E-state index < -0.39 is 0 Å². The zero-order valence-electron chi connectivity index (χ0n) is 10.5. The fourth-order valence-electron chi connectivity index (χ4n) is 2.38. The van der Waals surface area contributed by atoms with Crippen LogP contribution in [0.5, 0.6) is 0 Å². The van der Waals surface area contributed by atoms with E-state index in [0.717, 1.165) is 32.5 Å². The zero-order chi connectivity index (χ0) is 12.3. The Hall–Kier alpha value is -1.36. The Balaban J connectivity index is 2.09. The van der Waals surface area contributed by atoms with Crippen molar-refractivity contribution in [3.05, 3.63) is 18.0 Å². The summed E-state index contributed by atoms with van der Waals surface area (Å²) in [6, 6.07) is 0.369. The summed E-state index contributed by atoms with van der Waals surface area (Å²) in [5, 5.41) is 7.38. The molecule has 5 heteroatoms. The molecule has 2 heterocycles. The van der Waals surface area contributed by atoms with E-state index in [2.05, 4.69) is 10.4 Å². The van der Waals surface area contributed by atoms with Crippen LogP contribution in [0.15, 0.2) is 12.4 Å². The van der Waals surface area contributed by atoms with Crippen LogP contribution in [0.1, 0.15) is 30.1 Å². The van der Waals surface area contributed by atoms with Crippen LogP contribution in [0, 0.1) is 0 Å². The summed E-state index contributed by atoms with van der Waals surface area (Å²) < 4.78 is 1.67. The molecule has 17 heavy (non-hydrogen) atoms. The van der Waals surface area contributed by atoms with Gasteiger partial charge < -0.3 is 10.2 Å². The topological polar surface area (TPSA) is 50.2 Å². The molecule has 2 rings (SSSR count). The van der Waals surface area contributed by atoms with Gasteiger partial charge in [-0.05, 0) is 32.9 Å². The van der Waals surface area contributed by atoms with Gasteiger partial charge in [-0.3, -0.25) is 9.48 Å². The Morgan fingerprint density at radius 1 is 1.59 bits per heavy atom. The number of piperidine rings is 1. The summed E-state index contributed by atoms with van der Waals surface area (Å²) in [5.74, 6) is 0.104. The van der Waals surface area contributed by atoms with Gasteiger partial charge in [0.05, 0.1) is 11.8 Å². The van der Waals surface area contributed by atoms with Gasteiger partial charge in [-0.2, -0.15) is 5.10 Å². The van der Waals surface area contributed by atoms with Crippen LogP contribution in [0.2, 0.25) is 0 Å². The van der Waals surface area contributed by atoms with Crippen LogP contribution in [0.4, 0.5) is 0 Å². The van der Waals surface area contributed by atoms with Crippen LogP contribution in [0.25, 0.3) is 0 Å². The zero-order valence-corrected chi connectivity index (χ0v) is 10.5. The van der Waals surface area contributed by atoms with Crippen molar-refractivity contribution in [2.75, 3.05) is 19.6 Å². The van der Waals surface area contributed by atoms with Crippen LogP contribution in [-0.4, -0.2) is 46.3 Å². The Kier molecular flexibility index (Phi) is 3.78. The van der Waals surface area contributed by atoms with Gasteiger partial charge in [0.25, 0.3) is 5.91 Å². The summed E-state index contributed by atoms with van der Waals surface area (Å²) in [7, 11) is 1.83. The van der Waals surface area contributed by atoms with E-state index in [1.54, 1.807) is 17.1 Å². The maximum Gasteiger partial charge on any atom is 0.257 e. The van der Waals surface area contributed by atoms with Crippen molar-refractivity contribution >= 4 is 5.91 Å². The van der Waals surface area contributed by atoms with Gasteiger partial charge in [0.15, 0.2) is 0 Å². The minimum Gasteiger partial charge on any atom is -0.336 e. The number of nitrogens with zero attached hydrogens (tertiary/aromatic N) is 3. The van der Waals surface area contributed by atoms with E-state index in [-0.39, 0.29) is 5.91 Å². The van der Waals surface area contributed by atoms with Crippen molar-refractivity contribution in [1.29, 1.82) is 0 Å². The van der Waals surface area contributed by atoms with E-state index in [0.29, 0.717) is 11.6 Å². The molecule has 0 atom stereocenters. The molecule has 0 unspecified atom stereocenters. The Morgan fingerprint density at radius 2 is 2.29 bits per heavy atom. The minimum atomic E-state index is 0.104. The number of nitrogens with one attached hydrogen (secondary N) is 1. The van der Waals surface area contributed by atoms with Crippen LogP contribution >= 0.6 is 0 Å². The highest BCUT2D eigenvalue weighted by molar-refractivity contribution is 5.93. The predicted molar refractivity (Wildman–Crippen MR) is 65.8 cm³/mol. The molecular formula is C12H20N4O. The fourth-order valence-corrected chi connectivity index (χ4v) is 2.38. The first kappa shape index (κ1) is 12.1. The van der Waals surface area contributed by atoms with Crippen LogP contribution in [0.3, 0.4) is 0 Å². The van der Waals surface area contributed by atoms with Gasteiger partial charge in [-0.1, -0.05) is 0 Å². The first-order chi connectivity index (χ1) is 8.22. The Labute approximate surface area is 102 Å². The van der Waals surface area contributed by atoms with Crippen molar-refractivity contribution in [1.82, 2.24) is 20.0 Å². The van der Waals surface area contributed by atoms with E-state index >= 15 is 0 Å². The third kappa shape index (κ3) is 2.66. The number of amides is 1. The van der Waals surface area contributed by atoms with Gasteiger partial charge in [0.1, 0.15) is 0 Å². The van der Waals surface area contributed by atoms with Crippen molar-refractivity contribution in [2.45, 2.75) is 25.8 Å². The maximum absolute atomic E-state index is 12.3. The summed E-state index contributed by atoms with van der Waals surface area (Å²) >= 11 is 0. The largest absolute Gasteiger partial charge is 0.336 e. The third-order valence-corrected chi connectivity index (χ3v) is 3.30. The highest BCUT2D eigenvalue weighted by Crippen LogP contribution is 2.15. The number of rotatable bonds is 3. The van der Waals surface area contributed by atoms with Crippen molar-refractivity contribution in [3.63, 3.8) is 0 Å². The molecule has 5 nitrogen and oxygen atoms in total. The molecule has 1 N–H and O–H groups in total. The smallest absolute Gasteiger partial charge is 0.257 e. The summed E-state index contributed by atoms with van der Waals surface area (Å²) in [5.41, 5.74) is 0.688. The molecule has 0 saturated carbocycles. The first-order valence-corrected chi connectivity index (χ1v) is 6.22. The van der Waals surface area contributed by atoms with Gasteiger partial charge in [0.2, 0.25) is 0 Å². The molecule has 0 bridgehead atoms. The van der Waals surface area contributed by atoms with E-state index in [4.69, 9.17) is 0 Å². The lowest BCUT2D eigenvalue weighted by molar-refractivity contribution is 0.0656. The lowest BCUT2D eigenvalue weighted by Gasteiger charge is -2.33. The highest BCUT2D eigenvalue weighted by atomic mass is 16.2. The molecule has 94 valence electrons. The molecule has 1 aliphatic rings. The SMILES string of the molecule is CCN(C(=O)c1cnn(C)c1)C1CCNCC1. The molecule has 1 saturated heterocycles. The minimum absolute atomic E-state index is 0.104. The van der Waals surface area contributed by atoms with Crippen LogP contribution in [-0.2, 0) is 7.05 Å². The molecular weight excluding hydrogens is 216 g/mol. The Bertz CT molecular complexity index is 382. The van der Waals surface area contributed by atoms with E-state index in [1.165, 1.54) is 0 Å². The van der Waals surface area contributed by atoms with Crippen molar-refractivity contribution < 1.29 is 4.79 Å². The second-order valence-corrected chi connectivity index (χ2v) is 4.48. The third-order valence-electron chi connectivity index (χ3n) is 3.30. The number of aromatic nitrogens is 2. The number of hydrogen-bond acceptors (Lipinski definition) is 3. The molecule has 0 aliphatic carbocycles. The van der Waals surface area contributed by atoms with Gasteiger partial charge >= 0.3 is 0 Å². The average molecular weight is 236 g/mol. The molecule has 1 aliphatic heterocycles. The fraction of sp³-hybridized carbons (Fsp3) is 0.667. The maximum atomic E-state index is 12.3. The van der Waals surface area contributed by atoms with E-state index in [9.17, 15) is 4.79 Å². The molecule has 0 radical (unpaired) electrons. The predicted octanol–water partition coefficient (Wildman–Crippen LogP) is 0.634. The first-order valence-electron chi connectivity index (χ1n) is 6.22. The summed E-state index contributed by atoms with van der Waals surface area (Å²) in [4.78, 5) is 14.3. The van der Waals surface area contributed by atoms with Crippen LogP contribution < -0.4 is 5.32 Å². The second-order valence-electron chi connectivity index (χ2n) is 4.48. The standard InChI is InChI=1S/C12H20N4O/c1-3-16(11-4-6-13-7-5-11)12(17)10-8-14-15(2)9-10/h8-9,11,13H,3-7H2,1-2H3. The Morgan fingerprint density at radius 3 is 2.82 bits per heavy atom. The molecule has 1 fully saturated rings. The lowest BCUT2D eigenvalue weighted by atomic mass is 10.0. The second kappa shape index (κ2) is 5.31. The molecule has 1 aromatic heterocycles. The van der Waals surface area contributed by atoms with Gasteiger partial charge in [-0.15, -0.1) is 0 Å². The number of aryl methyl sites for hydroxylation is 1. The van der Waals surface area contributed by atoms with Gasteiger partial charge in [0, 0.05) is 25.8 Å². The quantitative estimate of drug-likeness (QED) is 0.837. The number of hydrogen-bond donors (Lipinski definition) is 1. The average Bonchev–Trinajstić information content (AvgIpc) is 2.78. The number of carbonyl (C=O) groups is 1. The molecule has 1 amide bonds. The van der Waals surface area contributed by atoms with Crippen molar-refractivity contribution in [3.8, 4) is 0 Å². The summed E-state index contributed by atoms with van der Waals surface area (Å²) in [6.45, 7) is 4.80. The number of carbonyl (C=O) groups excluding carboxylic acids is 1.